The van der Waals surface area contributed by atoms with E-state index in [4.69, 9.17) is 22.1 Å². The Bertz CT molecular complexity index is 371. The molecule has 3 nitrogen and oxygen atoms in total. The molecule has 2 fully saturated rings. The Morgan fingerprint density at radius 2 is 1.85 bits per heavy atom. The normalized spacial score (nSPS) is 23.2. The van der Waals surface area contributed by atoms with Crippen LogP contribution in [0.15, 0.2) is 24.3 Å². The third kappa shape index (κ3) is 5.80. The van der Waals surface area contributed by atoms with Crippen LogP contribution in [0.5, 0.6) is 0 Å². The lowest BCUT2D eigenvalue weighted by Gasteiger charge is -2.22. The van der Waals surface area contributed by atoms with Crippen molar-refractivity contribution in [2.45, 2.75) is 31.7 Å². The highest BCUT2D eigenvalue weighted by atomic mass is 35.5. The summed E-state index contributed by atoms with van der Waals surface area (Å²) in [6.07, 6.45) is 4.87. The second-order valence-corrected chi connectivity index (χ2v) is 6.08. The van der Waals surface area contributed by atoms with Crippen LogP contribution in [0.4, 0.5) is 0 Å². The molecular formula is C16H25ClN2O. The molecule has 2 aliphatic rings. The fourth-order valence-corrected chi connectivity index (χ4v) is 2.72. The molecule has 1 aromatic carbocycles. The molecule has 1 unspecified atom stereocenters. The molecule has 0 spiro atoms. The fourth-order valence-electron chi connectivity index (χ4n) is 2.59. The molecular weight excluding hydrogens is 272 g/mol. The minimum atomic E-state index is 0.324. The molecule has 112 valence electrons. The molecule has 0 amide bonds. The Morgan fingerprint density at radius 3 is 2.35 bits per heavy atom. The number of halogens is 1. The van der Waals surface area contributed by atoms with Crippen LogP contribution in [0, 0.1) is 5.92 Å². The van der Waals surface area contributed by atoms with Gasteiger partial charge in [0.2, 0.25) is 0 Å². The molecule has 3 rings (SSSR count). The van der Waals surface area contributed by atoms with Gasteiger partial charge in [0, 0.05) is 17.7 Å². The summed E-state index contributed by atoms with van der Waals surface area (Å²) in [5.41, 5.74) is 6.83. The number of benzene rings is 1. The zero-order chi connectivity index (χ0) is 14.2. The first-order valence-electron chi connectivity index (χ1n) is 7.52. The highest BCUT2D eigenvalue weighted by Crippen LogP contribution is 2.19. The van der Waals surface area contributed by atoms with E-state index < -0.39 is 0 Å². The summed E-state index contributed by atoms with van der Waals surface area (Å²) < 4.78 is 4.93. The monoisotopic (exact) mass is 296 g/mol. The molecule has 0 saturated carbocycles. The van der Waals surface area contributed by atoms with Crippen LogP contribution in [0.1, 0.15) is 24.8 Å². The lowest BCUT2D eigenvalue weighted by Crippen LogP contribution is -2.28. The molecule has 2 saturated heterocycles. The lowest BCUT2D eigenvalue weighted by atomic mass is 9.91. The maximum atomic E-state index is 5.84. The lowest BCUT2D eigenvalue weighted by molar-refractivity contribution is 0.194. The van der Waals surface area contributed by atoms with Crippen LogP contribution in [0.3, 0.4) is 0 Å². The maximum Gasteiger partial charge on any atom is 0.0618 e. The molecule has 0 radical (unpaired) electrons. The summed E-state index contributed by atoms with van der Waals surface area (Å²) in [7, 11) is 0. The van der Waals surface area contributed by atoms with Crippen molar-refractivity contribution in [1.82, 2.24) is 5.32 Å². The number of hydrogen-bond donors (Lipinski definition) is 2. The van der Waals surface area contributed by atoms with Crippen LogP contribution in [0.25, 0.3) is 0 Å². The summed E-state index contributed by atoms with van der Waals surface area (Å²) in [4.78, 5) is 0. The molecule has 0 aromatic heterocycles. The smallest absolute Gasteiger partial charge is 0.0618 e. The number of rotatable bonds is 2. The zero-order valence-electron chi connectivity index (χ0n) is 12.0. The average molecular weight is 297 g/mol. The first kappa shape index (κ1) is 15.8. The molecule has 4 heteroatoms. The Hall–Kier alpha value is -0.610. The molecule has 2 aliphatic heterocycles. The molecule has 3 N–H and O–H groups in total. The van der Waals surface area contributed by atoms with Crippen molar-refractivity contribution < 1.29 is 4.74 Å². The van der Waals surface area contributed by atoms with Crippen molar-refractivity contribution in [2.24, 2.45) is 11.7 Å². The first-order valence-corrected chi connectivity index (χ1v) is 7.90. The highest BCUT2D eigenvalue weighted by molar-refractivity contribution is 6.30. The van der Waals surface area contributed by atoms with E-state index in [2.05, 4.69) is 17.4 Å². The van der Waals surface area contributed by atoms with Gasteiger partial charge in [-0.05, 0) is 62.4 Å². The van der Waals surface area contributed by atoms with Crippen LogP contribution >= 0.6 is 11.6 Å². The molecule has 1 atom stereocenters. The standard InChI is InChI=1S/C12H16ClN.C4H9NO/c13-12-3-1-10(2-4-12)9-11-5-7-14-8-6-11;5-4-1-2-6-3-4/h1-4,11,14H,5-9H2;4H,1-3,5H2. The minimum absolute atomic E-state index is 0.324. The molecule has 2 heterocycles. The van der Waals surface area contributed by atoms with E-state index in [1.807, 2.05) is 12.1 Å². The van der Waals surface area contributed by atoms with E-state index in [1.165, 1.54) is 37.9 Å². The van der Waals surface area contributed by atoms with Gasteiger partial charge in [0.05, 0.1) is 6.61 Å². The van der Waals surface area contributed by atoms with E-state index in [9.17, 15) is 0 Å². The Balaban J connectivity index is 0.000000205. The molecule has 20 heavy (non-hydrogen) atoms. The van der Waals surface area contributed by atoms with Crippen LogP contribution in [-0.4, -0.2) is 32.3 Å². The van der Waals surface area contributed by atoms with Gasteiger partial charge < -0.3 is 15.8 Å². The van der Waals surface area contributed by atoms with Crippen molar-refractivity contribution in [1.29, 1.82) is 0 Å². The second-order valence-electron chi connectivity index (χ2n) is 5.65. The zero-order valence-corrected chi connectivity index (χ0v) is 12.7. The predicted octanol–water partition coefficient (Wildman–Crippen LogP) is 2.62. The highest BCUT2D eigenvalue weighted by Gasteiger charge is 2.13. The van der Waals surface area contributed by atoms with Crippen molar-refractivity contribution in [3.05, 3.63) is 34.9 Å². The Morgan fingerprint density at radius 1 is 1.15 bits per heavy atom. The number of nitrogens with one attached hydrogen (secondary N) is 1. The minimum Gasteiger partial charge on any atom is -0.380 e. The van der Waals surface area contributed by atoms with Gasteiger partial charge in [-0.3, -0.25) is 0 Å². The Labute approximate surface area is 126 Å². The van der Waals surface area contributed by atoms with Gasteiger partial charge in [-0.1, -0.05) is 23.7 Å². The van der Waals surface area contributed by atoms with Gasteiger partial charge >= 0.3 is 0 Å². The largest absolute Gasteiger partial charge is 0.380 e. The molecule has 1 aromatic rings. The van der Waals surface area contributed by atoms with Crippen molar-refractivity contribution in [2.75, 3.05) is 26.3 Å². The first-order chi connectivity index (χ1) is 9.74. The summed E-state index contributed by atoms with van der Waals surface area (Å²) in [6, 6.07) is 8.58. The third-order valence-electron chi connectivity index (χ3n) is 3.86. The second kappa shape index (κ2) is 8.63. The molecule has 0 aliphatic carbocycles. The van der Waals surface area contributed by atoms with Gasteiger partial charge in [0.15, 0.2) is 0 Å². The average Bonchev–Trinajstić information content (AvgIpc) is 2.94. The predicted molar refractivity (Wildman–Crippen MR) is 84.2 cm³/mol. The summed E-state index contributed by atoms with van der Waals surface area (Å²) >= 11 is 5.84. The van der Waals surface area contributed by atoms with Gasteiger partial charge in [-0.15, -0.1) is 0 Å². The van der Waals surface area contributed by atoms with E-state index in [-0.39, 0.29) is 0 Å². The van der Waals surface area contributed by atoms with E-state index >= 15 is 0 Å². The van der Waals surface area contributed by atoms with Crippen molar-refractivity contribution in [3.63, 3.8) is 0 Å². The van der Waals surface area contributed by atoms with Gasteiger partial charge in [-0.2, -0.15) is 0 Å². The summed E-state index contributed by atoms with van der Waals surface area (Å²) in [5, 5.41) is 4.22. The fraction of sp³-hybridized carbons (Fsp3) is 0.625. The number of ether oxygens (including phenoxy) is 1. The van der Waals surface area contributed by atoms with Gasteiger partial charge in [-0.25, -0.2) is 0 Å². The van der Waals surface area contributed by atoms with Gasteiger partial charge in [0.1, 0.15) is 0 Å². The van der Waals surface area contributed by atoms with Crippen molar-refractivity contribution >= 4 is 11.6 Å². The maximum absolute atomic E-state index is 5.84. The topological polar surface area (TPSA) is 47.3 Å². The number of nitrogens with two attached hydrogens (primary N) is 1. The third-order valence-corrected chi connectivity index (χ3v) is 4.11. The van der Waals surface area contributed by atoms with E-state index in [1.54, 1.807) is 0 Å². The van der Waals surface area contributed by atoms with Crippen LogP contribution in [0.2, 0.25) is 5.02 Å². The van der Waals surface area contributed by atoms with Gasteiger partial charge in [0.25, 0.3) is 0 Å². The van der Waals surface area contributed by atoms with Crippen LogP contribution < -0.4 is 11.1 Å². The summed E-state index contributed by atoms with van der Waals surface area (Å²) in [6.45, 7) is 3.98. The molecule has 0 bridgehead atoms. The number of hydrogen-bond acceptors (Lipinski definition) is 3. The quantitative estimate of drug-likeness (QED) is 0.882. The van der Waals surface area contributed by atoms with E-state index in [0.717, 1.165) is 30.6 Å². The Kier molecular flexibility index (Phi) is 6.80. The van der Waals surface area contributed by atoms with Crippen molar-refractivity contribution in [3.8, 4) is 0 Å². The number of piperidine rings is 1. The summed E-state index contributed by atoms with van der Waals surface area (Å²) in [5.74, 6) is 0.859. The van der Waals surface area contributed by atoms with Crippen LogP contribution in [-0.2, 0) is 11.2 Å². The van der Waals surface area contributed by atoms with E-state index in [0.29, 0.717) is 6.04 Å². The SMILES string of the molecule is Clc1ccc(CC2CCNCC2)cc1.NC1CCOC1.